The van der Waals surface area contributed by atoms with Gasteiger partial charge in [0.15, 0.2) is 11.4 Å². The molecule has 1 atom stereocenters. The molecule has 2 heterocycles. The molecular weight excluding hydrogens is 434 g/mol. The van der Waals surface area contributed by atoms with Crippen LogP contribution >= 0.6 is 23.1 Å². The Hall–Kier alpha value is -2.49. The quantitative estimate of drug-likeness (QED) is 0.303. The van der Waals surface area contributed by atoms with Gasteiger partial charge in [0, 0.05) is 16.3 Å². The second-order valence-corrected chi connectivity index (χ2v) is 9.70. The predicted molar refractivity (Wildman–Crippen MR) is 121 cm³/mol. The third-order valence-electron chi connectivity index (χ3n) is 5.04. The third kappa shape index (κ3) is 4.73. The van der Waals surface area contributed by atoms with Gasteiger partial charge < -0.3 is 15.2 Å². The molecule has 1 aromatic carbocycles. The van der Waals surface area contributed by atoms with E-state index in [4.69, 9.17) is 4.74 Å². The molecular formula is C22H23N3O4S2. The van der Waals surface area contributed by atoms with Gasteiger partial charge in [-0.15, -0.1) is 11.3 Å². The summed E-state index contributed by atoms with van der Waals surface area (Å²) in [4.78, 5) is 35.0. The number of carbonyl (C=O) groups excluding carboxylic acids is 2. The molecule has 4 rings (SSSR count). The molecule has 1 unspecified atom stereocenters. The van der Waals surface area contributed by atoms with Gasteiger partial charge in [0.05, 0.1) is 23.3 Å². The van der Waals surface area contributed by atoms with Gasteiger partial charge in [-0.05, 0) is 57.0 Å². The number of benzene rings is 1. The topological polar surface area (TPSA) is 101 Å². The van der Waals surface area contributed by atoms with Gasteiger partial charge in [-0.2, -0.15) is 0 Å². The van der Waals surface area contributed by atoms with Crippen molar-refractivity contribution in [3.05, 3.63) is 45.9 Å². The number of hydrogen-bond donors (Lipinski definition) is 2. The number of fused-ring (bicyclic) bond motifs is 1. The lowest BCUT2D eigenvalue weighted by Crippen LogP contribution is -2.42. The van der Waals surface area contributed by atoms with Crippen LogP contribution in [0.5, 0.6) is 5.75 Å². The Labute approximate surface area is 188 Å². The first kappa shape index (κ1) is 21.7. The van der Waals surface area contributed by atoms with Crippen LogP contribution in [0.1, 0.15) is 40.1 Å². The lowest BCUT2D eigenvalue weighted by molar-refractivity contribution is -0.138. The van der Waals surface area contributed by atoms with E-state index in [0.29, 0.717) is 26.4 Å². The van der Waals surface area contributed by atoms with Crippen molar-refractivity contribution in [2.75, 3.05) is 12.9 Å². The zero-order chi connectivity index (χ0) is 22.2. The maximum absolute atomic E-state index is 12.8. The molecule has 1 aliphatic rings. The summed E-state index contributed by atoms with van der Waals surface area (Å²) >= 11 is 2.48. The van der Waals surface area contributed by atoms with Crippen LogP contribution in [0.2, 0.25) is 0 Å². The number of carbonyl (C=O) groups is 2. The molecule has 3 aromatic rings. The maximum Gasteiger partial charge on any atom is 0.257 e. The van der Waals surface area contributed by atoms with Gasteiger partial charge in [0.2, 0.25) is 0 Å². The van der Waals surface area contributed by atoms with Crippen LogP contribution in [0, 0.1) is 6.92 Å². The van der Waals surface area contributed by atoms with Gasteiger partial charge in [-0.1, -0.05) is 11.8 Å². The average Bonchev–Trinajstić information content (AvgIpc) is 3.41. The smallest absolute Gasteiger partial charge is 0.257 e. The van der Waals surface area contributed by atoms with Crippen LogP contribution in [0.25, 0.3) is 10.9 Å². The standard InChI is InChI=1S/C22H23N3O4S2/c1-12-23-16-7-6-14(29-3)10-15(16)20(24-12)30-11-17(26)18-8-9-19(31-18)22(2,28)21(27)25-13-4-5-13/h6-10,13,28H,4-5,11H2,1-3H3,(H,25,27). The molecule has 162 valence electrons. The zero-order valence-electron chi connectivity index (χ0n) is 17.5. The summed E-state index contributed by atoms with van der Waals surface area (Å²) in [5, 5.41) is 15.0. The third-order valence-corrected chi connectivity index (χ3v) is 7.36. The lowest BCUT2D eigenvalue weighted by atomic mass is 10.0. The first-order chi connectivity index (χ1) is 14.8. The lowest BCUT2D eigenvalue weighted by Gasteiger charge is -2.20. The first-order valence-electron chi connectivity index (χ1n) is 9.90. The summed E-state index contributed by atoms with van der Waals surface area (Å²) in [7, 11) is 1.60. The Morgan fingerprint density at radius 3 is 2.77 bits per heavy atom. The molecule has 0 aliphatic heterocycles. The number of aliphatic hydroxyl groups is 1. The number of thiophene rings is 1. The van der Waals surface area contributed by atoms with Crippen molar-refractivity contribution in [1.82, 2.24) is 15.3 Å². The number of thioether (sulfide) groups is 1. The van der Waals surface area contributed by atoms with Crippen molar-refractivity contribution >= 4 is 45.7 Å². The van der Waals surface area contributed by atoms with Crippen LogP contribution in [-0.4, -0.2) is 45.7 Å². The second kappa shape index (κ2) is 8.57. The van der Waals surface area contributed by atoms with Crippen LogP contribution in [0.3, 0.4) is 0 Å². The van der Waals surface area contributed by atoms with Crippen molar-refractivity contribution in [2.45, 2.75) is 43.4 Å². The van der Waals surface area contributed by atoms with Crippen LogP contribution in [0.4, 0.5) is 0 Å². The number of nitrogens with one attached hydrogen (secondary N) is 1. The van der Waals surface area contributed by atoms with Gasteiger partial charge >= 0.3 is 0 Å². The number of aryl methyl sites for hydroxylation is 1. The Morgan fingerprint density at radius 2 is 2.06 bits per heavy atom. The Morgan fingerprint density at radius 1 is 1.29 bits per heavy atom. The zero-order valence-corrected chi connectivity index (χ0v) is 19.1. The molecule has 1 saturated carbocycles. The molecule has 0 saturated heterocycles. The SMILES string of the molecule is COc1ccc2nc(C)nc(SCC(=O)c3ccc(C(C)(O)C(=O)NC4CC4)s3)c2c1. The van der Waals surface area contributed by atoms with E-state index in [2.05, 4.69) is 15.3 Å². The first-order valence-corrected chi connectivity index (χ1v) is 11.7. The van der Waals surface area contributed by atoms with Crippen LogP contribution < -0.4 is 10.1 Å². The normalized spacial score (nSPS) is 15.5. The minimum Gasteiger partial charge on any atom is -0.497 e. The van der Waals surface area contributed by atoms with Gasteiger partial charge in [0.25, 0.3) is 5.91 Å². The highest BCUT2D eigenvalue weighted by molar-refractivity contribution is 8.00. The summed E-state index contributed by atoms with van der Waals surface area (Å²) in [5.41, 5.74) is -0.866. The minimum absolute atomic E-state index is 0.0908. The van der Waals surface area contributed by atoms with Crippen molar-refractivity contribution in [3.63, 3.8) is 0 Å². The van der Waals surface area contributed by atoms with E-state index >= 15 is 0 Å². The molecule has 7 nitrogen and oxygen atoms in total. The van der Waals surface area contributed by atoms with Crippen molar-refractivity contribution in [2.24, 2.45) is 0 Å². The molecule has 0 bridgehead atoms. The number of ketones is 1. The minimum atomic E-state index is -1.66. The van der Waals surface area contributed by atoms with Crippen molar-refractivity contribution < 1.29 is 19.4 Å². The number of methoxy groups -OCH3 is 1. The molecule has 31 heavy (non-hydrogen) atoms. The van der Waals surface area contributed by atoms with Crippen LogP contribution in [0.15, 0.2) is 35.4 Å². The van der Waals surface area contributed by atoms with E-state index in [0.717, 1.165) is 35.1 Å². The number of amides is 1. The van der Waals surface area contributed by atoms with Gasteiger partial charge in [-0.3, -0.25) is 9.59 Å². The highest BCUT2D eigenvalue weighted by Gasteiger charge is 2.37. The van der Waals surface area contributed by atoms with Crippen LogP contribution in [-0.2, 0) is 10.4 Å². The van der Waals surface area contributed by atoms with E-state index in [1.165, 1.54) is 18.7 Å². The molecule has 0 radical (unpaired) electrons. The van der Waals surface area contributed by atoms with Crippen molar-refractivity contribution in [1.29, 1.82) is 0 Å². The van der Waals surface area contributed by atoms with E-state index in [1.807, 2.05) is 25.1 Å². The average molecular weight is 458 g/mol. The summed E-state index contributed by atoms with van der Waals surface area (Å²) < 4.78 is 5.30. The molecule has 9 heteroatoms. The summed E-state index contributed by atoms with van der Waals surface area (Å²) in [6, 6.07) is 9.03. The molecule has 1 aliphatic carbocycles. The number of rotatable bonds is 8. The largest absolute Gasteiger partial charge is 0.497 e. The highest BCUT2D eigenvalue weighted by Crippen LogP contribution is 2.32. The fourth-order valence-corrected chi connectivity index (χ4v) is 5.06. The van der Waals surface area contributed by atoms with Crippen molar-refractivity contribution in [3.8, 4) is 5.75 Å². The molecule has 2 aromatic heterocycles. The summed E-state index contributed by atoms with van der Waals surface area (Å²) in [6.45, 7) is 3.28. The highest BCUT2D eigenvalue weighted by atomic mass is 32.2. The van der Waals surface area contributed by atoms with E-state index < -0.39 is 11.5 Å². The van der Waals surface area contributed by atoms with Gasteiger partial charge in [0.1, 0.15) is 16.6 Å². The summed E-state index contributed by atoms with van der Waals surface area (Å²) in [5.74, 6) is 0.986. The molecule has 1 fully saturated rings. The fourth-order valence-electron chi connectivity index (χ4n) is 3.05. The number of Topliss-reactive ketones (excluding diaryl/α,β-unsaturated/α-hetero) is 1. The monoisotopic (exact) mass is 457 g/mol. The molecule has 1 amide bonds. The second-order valence-electron chi connectivity index (χ2n) is 7.65. The summed E-state index contributed by atoms with van der Waals surface area (Å²) in [6.07, 6.45) is 1.88. The molecule has 0 spiro atoms. The number of aromatic nitrogens is 2. The van der Waals surface area contributed by atoms with Gasteiger partial charge in [-0.25, -0.2) is 9.97 Å². The van der Waals surface area contributed by atoms with E-state index in [1.54, 1.807) is 19.2 Å². The number of hydrogen-bond acceptors (Lipinski definition) is 8. The van der Waals surface area contributed by atoms with E-state index in [-0.39, 0.29) is 17.6 Å². The Balaban J connectivity index is 1.49. The fraction of sp³-hybridized carbons (Fsp3) is 0.364. The number of ether oxygens (including phenoxy) is 1. The Bertz CT molecular complexity index is 1150. The Kier molecular flexibility index (Phi) is 6.00. The predicted octanol–water partition coefficient (Wildman–Crippen LogP) is 3.47. The van der Waals surface area contributed by atoms with E-state index in [9.17, 15) is 14.7 Å². The molecule has 2 N–H and O–H groups in total. The maximum atomic E-state index is 12.8. The number of nitrogens with zero attached hydrogens (tertiary/aromatic N) is 2.